The van der Waals surface area contributed by atoms with Gasteiger partial charge >= 0.3 is 0 Å². The van der Waals surface area contributed by atoms with E-state index < -0.39 is 0 Å². The molecule has 2 aliphatic carbocycles. The molecule has 0 aromatic heterocycles. The van der Waals surface area contributed by atoms with Gasteiger partial charge in [-0.3, -0.25) is 4.79 Å². The third kappa shape index (κ3) is 1.52. The van der Waals surface area contributed by atoms with E-state index in [1.165, 1.54) is 0 Å². The predicted octanol–water partition coefficient (Wildman–Crippen LogP) is 1.76. The van der Waals surface area contributed by atoms with Crippen LogP contribution in [0.1, 0.15) is 39.0 Å². The van der Waals surface area contributed by atoms with Gasteiger partial charge in [-0.05, 0) is 37.5 Å². The SMILES string of the molecule is CC1CCC(O)C2C(=O)CCCC12. The van der Waals surface area contributed by atoms with Gasteiger partial charge in [-0.1, -0.05) is 6.92 Å². The van der Waals surface area contributed by atoms with Gasteiger partial charge in [-0.25, -0.2) is 0 Å². The molecule has 0 bridgehead atoms. The first-order valence-electron chi connectivity index (χ1n) is 5.41. The monoisotopic (exact) mass is 182 g/mol. The Balaban J connectivity index is 2.17. The van der Waals surface area contributed by atoms with Crippen LogP contribution in [0.4, 0.5) is 0 Å². The minimum atomic E-state index is -0.339. The van der Waals surface area contributed by atoms with E-state index in [4.69, 9.17) is 0 Å². The highest BCUT2D eigenvalue weighted by Crippen LogP contribution is 2.41. The summed E-state index contributed by atoms with van der Waals surface area (Å²) >= 11 is 0. The lowest BCUT2D eigenvalue weighted by atomic mass is 9.64. The molecule has 0 aromatic rings. The second-order valence-electron chi connectivity index (χ2n) is 4.67. The number of aliphatic hydroxyl groups is 1. The Hall–Kier alpha value is -0.370. The molecule has 2 heteroatoms. The van der Waals surface area contributed by atoms with Crippen LogP contribution in [0.3, 0.4) is 0 Å². The molecule has 2 fully saturated rings. The average Bonchev–Trinajstić information content (AvgIpc) is 2.12. The van der Waals surface area contributed by atoms with Crippen molar-refractivity contribution < 1.29 is 9.90 Å². The fraction of sp³-hybridized carbons (Fsp3) is 0.909. The third-order valence-corrected chi connectivity index (χ3v) is 3.86. The molecule has 0 amide bonds. The maximum Gasteiger partial charge on any atom is 0.138 e. The van der Waals surface area contributed by atoms with Gasteiger partial charge in [-0.2, -0.15) is 0 Å². The highest BCUT2D eigenvalue weighted by atomic mass is 16.3. The smallest absolute Gasteiger partial charge is 0.138 e. The van der Waals surface area contributed by atoms with Crippen LogP contribution in [0.2, 0.25) is 0 Å². The summed E-state index contributed by atoms with van der Waals surface area (Å²) in [5.41, 5.74) is 0. The molecular weight excluding hydrogens is 164 g/mol. The number of fused-ring (bicyclic) bond motifs is 1. The van der Waals surface area contributed by atoms with Gasteiger partial charge < -0.3 is 5.11 Å². The van der Waals surface area contributed by atoms with E-state index in [1.54, 1.807) is 0 Å². The van der Waals surface area contributed by atoms with E-state index in [1.807, 2.05) is 0 Å². The standard InChI is InChI=1S/C11H18O2/c1-7-5-6-10(13)11-8(7)3-2-4-9(11)12/h7-8,10-11,13H,2-6H2,1H3. The lowest BCUT2D eigenvalue weighted by Gasteiger charge is -2.41. The summed E-state index contributed by atoms with van der Waals surface area (Å²) in [7, 11) is 0. The molecule has 0 radical (unpaired) electrons. The molecule has 2 aliphatic rings. The zero-order valence-electron chi connectivity index (χ0n) is 8.20. The van der Waals surface area contributed by atoms with Crippen molar-refractivity contribution in [3.8, 4) is 0 Å². The van der Waals surface area contributed by atoms with Crippen LogP contribution in [0.5, 0.6) is 0 Å². The minimum absolute atomic E-state index is 0.0162. The lowest BCUT2D eigenvalue weighted by Crippen LogP contribution is -2.44. The molecule has 4 unspecified atom stereocenters. The Labute approximate surface area is 79.3 Å². The predicted molar refractivity (Wildman–Crippen MR) is 50.2 cm³/mol. The second-order valence-corrected chi connectivity index (χ2v) is 4.67. The van der Waals surface area contributed by atoms with Crippen molar-refractivity contribution in [2.45, 2.75) is 45.1 Å². The molecule has 2 nitrogen and oxygen atoms in total. The normalized spacial score (nSPS) is 45.8. The molecule has 0 saturated heterocycles. The van der Waals surface area contributed by atoms with E-state index in [-0.39, 0.29) is 12.0 Å². The largest absolute Gasteiger partial charge is 0.392 e. The van der Waals surface area contributed by atoms with Crippen molar-refractivity contribution in [2.75, 3.05) is 0 Å². The zero-order valence-corrected chi connectivity index (χ0v) is 8.20. The maximum absolute atomic E-state index is 11.6. The minimum Gasteiger partial charge on any atom is -0.392 e. The van der Waals surface area contributed by atoms with Crippen molar-refractivity contribution >= 4 is 5.78 Å². The summed E-state index contributed by atoms with van der Waals surface area (Å²) in [6.07, 6.45) is 4.47. The van der Waals surface area contributed by atoms with Crippen LogP contribution in [0.25, 0.3) is 0 Å². The van der Waals surface area contributed by atoms with Gasteiger partial charge in [0.05, 0.1) is 6.10 Å². The number of rotatable bonds is 0. The van der Waals surface area contributed by atoms with Crippen molar-refractivity contribution in [3.05, 3.63) is 0 Å². The summed E-state index contributed by atoms with van der Waals surface area (Å²) in [6, 6.07) is 0. The molecule has 0 heterocycles. The summed E-state index contributed by atoms with van der Waals surface area (Å²) < 4.78 is 0. The zero-order chi connectivity index (χ0) is 9.42. The van der Waals surface area contributed by atoms with E-state index in [0.717, 1.165) is 25.7 Å². The summed E-state index contributed by atoms with van der Waals surface area (Å²) in [5, 5.41) is 9.77. The van der Waals surface area contributed by atoms with E-state index in [9.17, 15) is 9.90 Å². The number of hydrogen-bond acceptors (Lipinski definition) is 2. The summed E-state index contributed by atoms with van der Waals surface area (Å²) in [4.78, 5) is 11.6. The molecular formula is C11H18O2. The molecule has 0 spiro atoms. The first-order chi connectivity index (χ1) is 6.20. The van der Waals surface area contributed by atoms with Crippen LogP contribution in [-0.2, 0) is 4.79 Å². The van der Waals surface area contributed by atoms with Gasteiger partial charge in [-0.15, -0.1) is 0 Å². The van der Waals surface area contributed by atoms with Crippen LogP contribution < -0.4 is 0 Å². The quantitative estimate of drug-likeness (QED) is 0.620. The van der Waals surface area contributed by atoms with Gasteiger partial charge in [0.15, 0.2) is 0 Å². The first kappa shape index (κ1) is 9.20. The average molecular weight is 182 g/mol. The van der Waals surface area contributed by atoms with Gasteiger partial charge in [0.2, 0.25) is 0 Å². The highest BCUT2D eigenvalue weighted by Gasteiger charge is 2.42. The van der Waals surface area contributed by atoms with Crippen LogP contribution in [0, 0.1) is 17.8 Å². The fourth-order valence-corrected chi connectivity index (χ4v) is 3.06. The van der Waals surface area contributed by atoms with Crippen molar-refractivity contribution in [1.82, 2.24) is 0 Å². The van der Waals surface area contributed by atoms with Crippen LogP contribution in [-0.4, -0.2) is 17.0 Å². The summed E-state index contributed by atoms with van der Waals surface area (Å²) in [5.74, 6) is 1.41. The Morgan fingerprint density at radius 3 is 2.77 bits per heavy atom. The highest BCUT2D eigenvalue weighted by molar-refractivity contribution is 5.82. The number of carbonyl (C=O) groups is 1. The molecule has 0 aliphatic heterocycles. The molecule has 4 atom stereocenters. The molecule has 2 rings (SSSR count). The first-order valence-corrected chi connectivity index (χ1v) is 5.41. The lowest BCUT2D eigenvalue weighted by molar-refractivity contribution is -0.136. The van der Waals surface area contributed by atoms with Gasteiger partial charge in [0.25, 0.3) is 0 Å². The van der Waals surface area contributed by atoms with Crippen molar-refractivity contribution in [3.63, 3.8) is 0 Å². The maximum atomic E-state index is 11.6. The van der Waals surface area contributed by atoms with Crippen LogP contribution in [0.15, 0.2) is 0 Å². The Morgan fingerprint density at radius 2 is 2.08 bits per heavy atom. The number of aliphatic hydroxyl groups excluding tert-OH is 1. The Kier molecular flexibility index (Phi) is 2.41. The Morgan fingerprint density at radius 1 is 1.31 bits per heavy atom. The van der Waals surface area contributed by atoms with Crippen molar-refractivity contribution in [1.29, 1.82) is 0 Å². The fourth-order valence-electron chi connectivity index (χ4n) is 3.06. The topological polar surface area (TPSA) is 37.3 Å². The molecule has 1 N–H and O–H groups in total. The number of hydrogen-bond donors (Lipinski definition) is 1. The molecule has 2 saturated carbocycles. The molecule has 13 heavy (non-hydrogen) atoms. The molecule has 0 aromatic carbocycles. The second kappa shape index (κ2) is 3.41. The molecule has 74 valence electrons. The third-order valence-electron chi connectivity index (χ3n) is 3.86. The van der Waals surface area contributed by atoms with E-state index in [0.29, 0.717) is 24.0 Å². The summed E-state index contributed by atoms with van der Waals surface area (Å²) in [6.45, 7) is 2.22. The van der Waals surface area contributed by atoms with Crippen LogP contribution >= 0.6 is 0 Å². The number of carbonyl (C=O) groups excluding carboxylic acids is 1. The number of ketones is 1. The van der Waals surface area contributed by atoms with E-state index in [2.05, 4.69) is 6.92 Å². The van der Waals surface area contributed by atoms with Gasteiger partial charge in [0, 0.05) is 12.3 Å². The Bertz CT molecular complexity index is 212. The van der Waals surface area contributed by atoms with E-state index >= 15 is 0 Å². The van der Waals surface area contributed by atoms with Gasteiger partial charge in [0.1, 0.15) is 5.78 Å². The van der Waals surface area contributed by atoms with Crippen molar-refractivity contribution in [2.24, 2.45) is 17.8 Å². The number of Topliss-reactive ketones (excluding diaryl/α,β-unsaturated/α-hetero) is 1.